The molecular formula is C18H17N5O2. The van der Waals surface area contributed by atoms with Gasteiger partial charge in [0.25, 0.3) is 11.5 Å². The highest BCUT2D eigenvalue weighted by Gasteiger charge is 2.27. The molecule has 2 aromatic heterocycles. The Labute approximate surface area is 143 Å². The lowest BCUT2D eigenvalue weighted by molar-refractivity contribution is 0.0944. The summed E-state index contributed by atoms with van der Waals surface area (Å²) >= 11 is 0. The van der Waals surface area contributed by atoms with Crippen molar-refractivity contribution >= 4 is 5.91 Å². The number of carbonyl (C=O) groups is 1. The molecule has 4 rings (SSSR count). The average Bonchev–Trinajstić information content (AvgIpc) is 3.38. The maximum Gasteiger partial charge on any atom is 0.270 e. The van der Waals surface area contributed by atoms with Crippen LogP contribution in [0.4, 0.5) is 0 Å². The number of hydrogen-bond acceptors (Lipinski definition) is 4. The van der Waals surface area contributed by atoms with Crippen LogP contribution in [-0.2, 0) is 6.54 Å². The molecule has 1 aliphatic rings. The van der Waals surface area contributed by atoms with Crippen LogP contribution in [0.3, 0.4) is 0 Å². The number of aromatic amines is 1. The van der Waals surface area contributed by atoms with E-state index in [-0.39, 0.29) is 29.6 Å². The minimum atomic E-state index is -0.379. The molecule has 0 bridgehead atoms. The molecule has 0 saturated heterocycles. The maximum absolute atomic E-state index is 12.4. The molecule has 0 radical (unpaired) electrons. The van der Waals surface area contributed by atoms with E-state index in [1.54, 1.807) is 6.20 Å². The van der Waals surface area contributed by atoms with Gasteiger partial charge < -0.3 is 14.9 Å². The van der Waals surface area contributed by atoms with Crippen LogP contribution in [0.2, 0.25) is 0 Å². The first kappa shape index (κ1) is 15.3. The number of H-pyrrole nitrogens is 1. The summed E-state index contributed by atoms with van der Waals surface area (Å²) < 4.78 is 1.90. The predicted octanol–water partition coefficient (Wildman–Crippen LogP) is 1.76. The summed E-state index contributed by atoms with van der Waals surface area (Å²) in [4.78, 5) is 35.4. The smallest absolute Gasteiger partial charge is 0.270 e. The van der Waals surface area contributed by atoms with Crippen molar-refractivity contribution in [2.45, 2.75) is 25.3 Å². The highest BCUT2D eigenvalue weighted by molar-refractivity contribution is 5.92. The second-order valence-electron chi connectivity index (χ2n) is 6.02. The molecule has 1 fully saturated rings. The van der Waals surface area contributed by atoms with Crippen molar-refractivity contribution in [1.82, 2.24) is 24.8 Å². The van der Waals surface area contributed by atoms with E-state index in [0.29, 0.717) is 11.6 Å². The van der Waals surface area contributed by atoms with E-state index in [9.17, 15) is 9.59 Å². The van der Waals surface area contributed by atoms with Gasteiger partial charge in [0.2, 0.25) is 0 Å². The molecule has 1 aromatic carbocycles. The molecule has 7 nitrogen and oxygen atoms in total. The Bertz CT molecular complexity index is 957. The molecule has 1 aliphatic carbocycles. The number of nitrogens with one attached hydrogen (secondary N) is 2. The third kappa shape index (κ3) is 3.35. The van der Waals surface area contributed by atoms with Crippen molar-refractivity contribution < 1.29 is 4.79 Å². The number of carbonyl (C=O) groups excluding carboxylic acids is 1. The number of aromatic nitrogens is 4. The maximum atomic E-state index is 12.4. The molecule has 2 N–H and O–H groups in total. The van der Waals surface area contributed by atoms with Gasteiger partial charge in [0.15, 0.2) is 0 Å². The van der Waals surface area contributed by atoms with E-state index in [1.165, 1.54) is 6.07 Å². The van der Waals surface area contributed by atoms with Gasteiger partial charge >= 0.3 is 0 Å². The molecule has 0 atom stereocenters. The van der Waals surface area contributed by atoms with Gasteiger partial charge in [-0.05, 0) is 25.0 Å². The Hall–Kier alpha value is -3.22. The van der Waals surface area contributed by atoms with Gasteiger partial charge in [-0.2, -0.15) is 0 Å². The zero-order valence-electron chi connectivity index (χ0n) is 13.5. The molecular weight excluding hydrogens is 318 g/mol. The Morgan fingerprint density at radius 3 is 2.84 bits per heavy atom. The lowest BCUT2D eigenvalue weighted by Crippen LogP contribution is -2.27. The lowest BCUT2D eigenvalue weighted by atomic mass is 10.3. The number of imidazole rings is 1. The van der Waals surface area contributed by atoms with Crippen LogP contribution in [0.15, 0.2) is 53.6 Å². The first-order valence-electron chi connectivity index (χ1n) is 8.18. The SMILES string of the molecule is O=C(NCc1nccn1-c1ccccc1)c1cc(=O)[nH]c(C2CC2)n1. The number of rotatable bonds is 5. The molecule has 0 aliphatic heterocycles. The fourth-order valence-corrected chi connectivity index (χ4v) is 2.68. The number of amides is 1. The number of para-hydroxylation sites is 1. The summed E-state index contributed by atoms with van der Waals surface area (Å²) in [7, 11) is 0. The van der Waals surface area contributed by atoms with Crippen molar-refractivity contribution in [3.63, 3.8) is 0 Å². The van der Waals surface area contributed by atoms with Crippen LogP contribution < -0.4 is 10.9 Å². The van der Waals surface area contributed by atoms with E-state index in [4.69, 9.17) is 0 Å². The van der Waals surface area contributed by atoms with Crippen LogP contribution in [0, 0.1) is 0 Å². The van der Waals surface area contributed by atoms with Crippen molar-refractivity contribution in [3.05, 3.63) is 76.5 Å². The molecule has 1 saturated carbocycles. The highest BCUT2D eigenvalue weighted by atomic mass is 16.2. The highest BCUT2D eigenvalue weighted by Crippen LogP contribution is 2.37. The summed E-state index contributed by atoms with van der Waals surface area (Å²) in [5.74, 6) is 1.20. The van der Waals surface area contributed by atoms with Gasteiger partial charge in [0.1, 0.15) is 17.3 Å². The van der Waals surface area contributed by atoms with E-state index in [1.807, 2.05) is 41.1 Å². The first-order valence-corrected chi connectivity index (χ1v) is 8.18. The second-order valence-corrected chi connectivity index (χ2v) is 6.02. The van der Waals surface area contributed by atoms with Crippen LogP contribution in [0.5, 0.6) is 0 Å². The number of benzene rings is 1. The Morgan fingerprint density at radius 1 is 1.28 bits per heavy atom. The summed E-state index contributed by atoms with van der Waals surface area (Å²) in [6.07, 6.45) is 5.53. The molecule has 126 valence electrons. The van der Waals surface area contributed by atoms with Crippen molar-refractivity contribution in [3.8, 4) is 5.69 Å². The van der Waals surface area contributed by atoms with Gasteiger partial charge in [0, 0.05) is 30.1 Å². The Kier molecular flexibility index (Phi) is 3.89. The van der Waals surface area contributed by atoms with Crippen molar-refractivity contribution in [1.29, 1.82) is 0 Å². The Balaban J connectivity index is 1.50. The molecule has 25 heavy (non-hydrogen) atoms. The monoisotopic (exact) mass is 335 g/mol. The molecule has 0 unspecified atom stereocenters. The summed E-state index contributed by atoms with van der Waals surface area (Å²) in [6.45, 7) is 0.244. The molecule has 7 heteroatoms. The fraction of sp³-hybridized carbons (Fsp3) is 0.222. The van der Waals surface area contributed by atoms with Gasteiger partial charge in [0.05, 0.1) is 6.54 Å². The van der Waals surface area contributed by atoms with Crippen LogP contribution in [0.1, 0.15) is 40.9 Å². The quantitative estimate of drug-likeness (QED) is 0.743. The van der Waals surface area contributed by atoms with Gasteiger partial charge in [-0.25, -0.2) is 9.97 Å². The van der Waals surface area contributed by atoms with Gasteiger partial charge in [-0.15, -0.1) is 0 Å². The molecule has 3 aromatic rings. The summed E-state index contributed by atoms with van der Waals surface area (Å²) in [5.41, 5.74) is 0.811. The summed E-state index contributed by atoms with van der Waals surface area (Å²) in [6, 6.07) is 11.0. The average molecular weight is 335 g/mol. The summed E-state index contributed by atoms with van der Waals surface area (Å²) in [5, 5.41) is 2.79. The van der Waals surface area contributed by atoms with E-state index in [0.717, 1.165) is 18.5 Å². The largest absolute Gasteiger partial charge is 0.343 e. The molecule has 1 amide bonds. The van der Waals surface area contributed by atoms with Crippen LogP contribution >= 0.6 is 0 Å². The van der Waals surface area contributed by atoms with E-state index < -0.39 is 0 Å². The minimum absolute atomic E-state index is 0.142. The lowest BCUT2D eigenvalue weighted by Gasteiger charge is -2.09. The Morgan fingerprint density at radius 2 is 2.08 bits per heavy atom. The zero-order chi connectivity index (χ0) is 17.2. The van der Waals surface area contributed by atoms with Crippen molar-refractivity contribution in [2.75, 3.05) is 0 Å². The molecule has 2 heterocycles. The minimum Gasteiger partial charge on any atom is -0.343 e. The number of hydrogen-bond donors (Lipinski definition) is 2. The van der Waals surface area contributed by atoms with E-state index >= 15 is 0 Å². The normalized spacial score (nSPS) is 13.6. The van der Waals surface area contributed by atoms with Gasteiger partial charge in [-0.1, -0.05) is 18.2 Å². The predicted molar refractivity (Wildman–Crippen MR) is 91.6 cm³/mol. The van der Waals surface area contributed by atoms with E-state index in [2.05, 4.69) is 20.3 Å². The van der Waals surface area contributed by atoms with Gasteiger partial charge in [-0.3, -0.25) is 9.59 Å². The van der Waals surface area contributed by atoms with Crippen molar-refractivity contribution in [2.24, 2.45) is 0 Å². The topological polar surface area (TPSA) is 92.7 Å². The standard InChI is InChI=1S/C18H17N5O2/c24-16-10-14(21-17(22-16)12-6-7-12)18(25)20-11-15-19-8-9-23(15)13-4-2-1-3-5-13/h1-5,8-10,12H,6-7,11H2,(H,20,25)(H,21,22,24). The third-order valence-electron chi connectivity index (χ3n) is 4.12. The van der Waals surface area contributed by atoms with Crippen LogP contribution in [0.25, 0.3) is 5.69 Å². The number of nitrogens with zero attached hydrogens (tertiary/aromatic N) is 3. The first-order chi connectivity index (χ1) is 12.2. The fourth-order valence-electron chi connectivity index (χ4n) is 2.68. The molecule has 0 spiro atoms. The third-order valence-corrected chi connectivity index (χ3v) is 4.12. The second kappa shape index (κ2) is 6.35. The zero-order valence-corrected chi connectivity index (χ0v) is 13.5. The van der Waals surface area contributed by atoms with Crippen LogP contribution in [-0.4, -0.2) is 25.4 Å².